The molecule has 1 aliphatic heterocycles. The summed E-state index contributed by atoms with van der Waals surface area (Å²) >= 11 is 2.20. The third kappa shape index (κ3) is 3.24. The number of carbonyl (C=O) groups is 1. The van der Waals surface area contributed by atoms with E-state index in [4.69, 9.17) is 0 Å². The van der Waals surface area contributed by atoms with Gasteiger partial charge in [-0.1, -0.05) is 18.2 Å². The molecule has 22 heavy (non-hydrogen) atoms. The molecule has 2 aromatic carbocycles. The number of halogens is 2. The Kier molecular flexibility index (Phi) is 4.61. The molecule has 0 N–H and O–H groups in total. The zero-order chi connectivity index (χ0) is 15.5. The van der Waals surface area contributed by atoms with Crippen LogP contribution < -0.4 is 4.90 Å². The van der Waals surface area contributed by atoms with E-state index in [-0.39, 0.29) is 11.7 Å². The van der Waals surface area contributed by atoms with E-state index in [9.17, 15) is 9.18 Å². The summed E-state index contributed by atoms with van der Waals surface area (Å²) in [6.07, 6.45) is 0. The number of hydrogen-bond donors (Lipinski definition) is 0. The van der Waals surface area contributed by atoms with Gasteiger partial charge in [-0.2, -0.15) is 0 Å². The highest BCUT2D eigenvalue weighted by Gasteiger charge is 2.23. The molecule has 1 amide bonds. The number of rotatable bonds is 2. The highest BCUT2D eigenvalue weighted by molar-refractivity contribution is 14.1. The summed E-state index contributed by atoms with van der Waals surface area (Å²) in [5.74, 6) is -0.161. The van der Waals surface area contributed by atoms with Crippen molar-refractivity contribution >= 4 is 34.2 Å². The van der Waals surface area contributed by atoms with Crippen LogP contribution in [0.1, 0.15) is 10.4 Å². The van der Waals surface area contributed by atoms with Crippen LogP contribution in [-0.2, 0) is 0 Å². The maximum Gasteiger partial charge on any atom is 0.254 e. The van der Waals surface area contributed by atoms with Gasteiger partial charge in [-0.3, -0.25) is 4.79 Å². The fourth-order valence-electron chi connectivity index (χ4n) is 2.66. The van der Waals surface area contributed by atoms with Gasteiger partial charge in [0, 0.05) is 35.3 Å². The van der Waals surface area contributed by atoms with Gasteiger partial charge in [0.15, 0.2) is 0 Å². The quantitative estimate of drug-likeness (QED) is 0.709. The van der Waals surface area contributed by atoms with Crippen LogP contribution in [0.4, 0.5) is 10.1 Å². The lowest BCUT2D eigenvalue weighted by molar-refractivity contribution is 0.0746. The van der Waals surface area contributed by atoms with Crippen LogP contribution in [0, 0.1) is 9.39 Å². The predicted molar refractivity (Wildman–Crippen MR) is 93.7 cm³/mol. The summed E-state index contributed by atoms with van der Waals surface area (Å²) in [5.41, 5.74) is 1.33. The first-order chi connectivity index (χ1) is 10.6. The molecule has 114 valence electrons. The predicted octanol–water partition coefficient (Wildman–Crippen LogP) is 3.39. The van der Waals surface area contributed by atoms with Gasteiger partial charge in [-0.05, 0) is 52.9 Å². The Morgan fingerprint density at radius 1 is 1.00 bits per heavy atom. The molecule has 3 rings (SSSR count). The van der Waals surface area contributed by atoms with Crippen LogP contribution in [0.25, 0.3) is 0 Å². The van der Waals surface area contributed by atoms with Gasteiger partial charge in [0.05, 0.1) is 5.69 Å². The third-order valence-corrected chi connectivity index (χ3v) is 4.50. The first kappa shape index (κ1) is 15.3. The van der Waals surface area contributed by atoms with Crippen molar-refractivity contribution in [2.75, 3.05) is 31.1 Å². The van der Waals surface area contributed by atoms with Crippen LogP contribution in [0.2, 0.25) is 0 Å². The first-order valence-corrected chi connectivity index (χ1v) is 8.27. The molecule has 1 saturated heterocycles. The number of amides is 1. The Morgan fingerprint density at radius 3 is 2.41 bits per heavy atom. The molecule has 0 atom stereocenters. The lowest BCUT2D eigenvalue weighted by Gasteiger charge is -2.36. The second kappa shape index (κ2) is 6.64. The van der Waals surface area contributed by atoms with Gasteiger partial charge in [-0.15, -0.1) is 0 Å². The summed E-state index contributed by atoms with van der Waals surface area (Å²) in [7, 11) is 0. The van der Waals surface area contributed by atoms with Gasteiger partial charge in [0.1, 0.15) is 5.82 Å². The maximum atomic E-state index is 13.8. The smallest absolute Gasteiger partial charge is 0.254 e. The normalized spacial score (nSPS) is 15.0. The second-order valence-electron chi connectivity index (χ2n) is 5.24. The molecule has 0 unspecified atom stereocenters. The molecule has 0 radical (unpaired) electrons. The van der Waals surface area contributed by atoms with Crippen molar-refractivity contribution in [2.45, 2.75) is 0 Å². The molecule has 0 saturated carbocycles. The van der Waals surface area contributed by atoms with E-state index in [1.165, 1.54) is 6.07 Å². The molecule has 5 heteroatoms. The fraction of sp³-hybridized carbons (Fsp3) is 0.235. The summed E-state index contributed by atoms with van der Waals surface area (Å²) in [6.45, 7) is 2.52. The largest absolute Gasteiger partial charge is 0.366 e. The van der Waals surface area contributed by atoms with Crippen molar-refractivity contribution in [3.8, 4) is 0 Å². The van der Waals surface area contributed by atoms with Crippen LogP contribution >= 0.6 is 22.6 Å². The fourth-order valence-corrected chi connectivity index (χ4v) is 3.21. The number of piperazine rings is 1. The van der Waals surface area contributed by atoms with E-state index in [2.05, 4.69) is 22.6 Å². The van der Waals surface area contributed by atoms with Gasteiger partial charge < -0.3 is 9.80 Å². The monoisotopic (exact) mass is 410 g/mol. The van der Waals surface area contributed by atoms with E-state index in [0.29, 0.717) is 37.4 Å². The molecule has 1 aliphatic rings. The van der Waals surface area contributed by atoms with Crippen molar-refractivity contribution in [3.05, 3.63) is 63.5 Å². The zero-order valence-corrected chi connectivity index (χ0v) is 14.2. The van der Waals surface area contributed by atoms with Gasteiger partial charge >= 0.3 is 0 Å². The Bertz CT molecular complexity index is 684. The van der Waals surface area contributed by atoms with Crippen LogP contribution in [0.15, 0.2) is 48.5 Å². The molecule has 1 fully saturated rings. The number of anilines is 1. The minimum Gasteiger partial charge on any atom is -0.366 e. The molecule has 3 nitrogen and oxygen atoms in total. The molecule has 1 heterocycles. The van der Waals surface area contributed by atoms with E-state index >= 15 is 0 Å². The number of nitrogens with zero attached hydrogens (tertiary/aromatic N) is 2. The van der Waals surface area contributed by atoms with E-state index in [1.54, 1.807) is 12.1 Å². The van der Waals surface area contributed by atoms with Crippen molar-refractivity contribution in [3.63, 3.8) is 0 Å². The lowest BCUT2D eigenvalue weighted by atomic mass is 10.1. The second-order valence-corrected chi connectivity index (χ2v) is 6.49. The standard InChI is InChI=1S/C17H16FIN2O/c18-15-6-1-2-7-16(15)20-8-10-21(11-9-20)17(22)13-4-3-5-14(19)12-13/h1-7,12H,8-11H2. The average molecular weight is 410 g/mol. The molecular weight excluding hydrogens is 394 g/mol. The number of para-hydroxylation sites is 1. The maximum absolute atomic E-state index is 13.8. The van der Waals surface area contributed by atoms with Crippen molar-refractivity contribution in [1.29, 1.82) is 0 Å². The molecule has 0 bridgehead atoms. The first-order valence-electron chi connectivity index (χ1n) is 7.19. The minimum atomic E-state index is -0.208. The third-order valence-electron chi connectivity index (χ3n) is 3.83. The van der Waals surface area contributed by atoms with Crippen LogP contribution in [0.3, 0.4) is 0 Å². The highest BCUT2D eigenvalue weighted by Crippen LogP contribution is 2.21. The summed E-state index contributed by atoms with van der Waals surface area (Å²) in [5, 5.41) is 0. The van der Waals surface area contributed by atoms with Gasteiger partial charge in [0.2, 0.25) is 0 Å². The van der Waals surface area contributed by atoms with E-state index < -0.39 is 0 Å². The van der Waals surface area contributed by atoms with Gasteiger partial charge in [-0.25, -0.2) is 4.39 Å². The van der Waals surface area contributed by atoms with Crippen molar-refractivity contribution in [2.24, 2.45) is 0 Å². The summed E-state index contributed by atoms with van der Waals surface area (Å²) in [4.78, 5) is 16.3. The average Bonchev–Trinajstić information content (AvgIpc) is 2.55. The van der Waals surface area contributed by atoms with Crippen LogP contribution in [-0.4, -0.2) is 37.0 Å². The lowest BCUT2D eigenvalue weighted by Crippen LogP contribution is -2.49. The number of hydrogen-bond acceptors (Lipinski definition) is 2. The highest BCUT2D eigenvalue weighted by atomic mass is 127. The number of carbonyl (C=O) groups excluding carboxylic acids is 1. The molecular formula is C17H16FIN2O. The van der Waals surface area contributed by atoms with Gasteiger partial charge in [0.25, 0.3) is 5.91 Å². The topological polar surface area (TPSA) is 23.6 Å². The number of benzene rings is 2. The molecule has 2 aromatic rings. The van der Waals surface area contributed by atoms with Crippen molar-refractivity contribution in [1.82, 2.24) is 4.90 Å². The Hall–Kier alpha value is -1.63. The van der Waals surface area contributed by atoms with E-state index in [1.807, 2.05) is 40.1 Å². The zero-order valence-electron chi connectivity index (χ0n) is 12.0. The Labute approximate surface area is 142 Å². The Morgan fingerprint density at radius 2 is 1.73 bits per heavy atom. The molecule has 0 aromatic heterocycles. The molecule has 0 spiro atoms. The Balaban J connectivity index is 1.67. The SMILES string of the molecule is O=C(c1cccc(I)c1)N1CCN(c2ccccc2F)CC1. The van der Waals surface area contributed by atoms with Crippen molar-refractivity contribution < 1.29 is 9.18 Å². The minimum absolute atomic E-state index is 0.0479. The summed E-state index contributed by atoms with van der Waals surface area (Å²) < 4.78 is 14.9. The summed E-state index contributed by atoms with van der Waals surface area (Å²) in [6, 6.07) is 14.4. The van der Waals surface area contributed by atoms with E-state index in [0.717, 1.165) is 3.57 Å². The van der Waals surface area contributed by atoms with Crippen LogP contribution in [0.5, 0.6) is 0 Å². The molecule has 0 aliphatic carbocycles.